The number of hydrogen-bond donors (Lipinski definition) is 2. The lowest BCUT2D eigenvalue weighted by molar-refractivity contribution is 0.102. The van der Waals surface area contributed by atoms with Gasteiger partial charge in [-0.1, -0.05) is 40.2 Å². The van der Waals surface area contributed by atoms with E-state index in [2.05, 4.69) is 31.4 Å². The maximum absolute atomic E-state index is 12.6. The molecule has 122 valence electrons. The number of anilines is 1. The lowest BCUT2D eigenvalue weighted by Gasteiger charge is -2.09. The molecular formula is C18H16BrN3O2. The zero-order valence-corrected chi connectivity index (χ0v) is 14.8. The number of ether oxygens (including phenoxy) is 1. The van der Waals surface area contributed by atoms with Gasteiger partial charge in [0.2, 0.25) is 0 Å². The van der Waals surface area contributed by atoms with Crippen molar-refractivity contribution in [1.29, 1.82) is 0 Å². The minimum Gasteiger partial charge on any atom is -0.496 e. The van der Waals surface area contributed by atoms with E-state index in [1.54, 1.807) is 18.2 Å². The number of nitrogens with one attached hydrogen (secondary N) is 2. The molecule has 0 saturated heterocycles. The van der Waals surface area contributed by atoms with Crippen LogP contribution in [0.2, 0.25) is 0 Å². The van der Waals surface area contributed by atoms with Crippen LogP contribution in [0, 0.1) is 6.92 Å². The number of benzene rings is 2. The van der Waals surface area contributed by atoms with Crippen LogP contribution in [-0.2, 0) is 0 Å². The number of rotatable bonds is 4. The van der Waals surface area contributed by atoms with E-state index >= 15 is 0 Å². The summed E-state index contributed by atoms with van der Waals surface area (Å²) in [5.74, 6) is 0.746. The lowest BCUT2D eigenvalue weighted by atomic mass is 10.1. The standard InChI is InChI=1S/C18H16BrN3O2/c1-11-16(12-7-9-13(19)10-8-12)17(22-21-11)20-18(23)14-5-3-4-6-15(14)24-2/h3-10H,1-2H3,(H2,20,21,22,23). The average Bonchev–Trinajstić information content (AvgIpc) is 2.96. The van der Waals surface area contributed by atoms with Crippen LogP contribution in [0.15, 0.2) is 53.0 Å². The number of halogens is 1. The van der Waals surface area contributed by atoms with E-state index in [9.17, 15) is 4.79 Å². The van der Waals surface area contributed by atoms with Crippen molar-refractivity contribution in [3.8, 4) is 16.9 Å². The minimum absolute atomic E-state index is 0.266. The third-order valence-corrected chi connectivity index (χ3v) is 4.19. The highest BCUT2D eigenvalue weighted by Crippen LogP contribution is 2.31. The second kappa shape index (κ2) is 6.88. The lowest BCUT2D eigenvalue weighted by Crippen LogP contribution is -2.14. The number of H-pyrrole nitrogens is 1. The summed E-state index contributed by atoms with van der Waals surface area (Å²) >= 11 is 3.43. The van der Waals surface area contributed by atoms with Gasteiger partial charge in [0.1, 0.15) is 5.75 Å². The van der Waals surface area contributed by atoms with E-state index < -0.39 is 0 Å². The molecule has 0 saturated carbocycles. The van der Waals surface area contributed by atoms with E-state index in [0.717, 1.165) is 21.3 Å². The fourth-order valence-corrected chi connectivity index (χ4v) is 2.76. The zero-order chi connectivity index (χ0) is 17.1. The molecule has 3 rings (SSSR count). The van der Waals surface area contributed by atoms with Crippen molar-refractivity contribution in [3.63, 3.8) is 0 Å². The number of aromatic nitrogens is 2. The molecule has 0 fully saturated rings. The Morgan fingerprint density at radius 1 is 1.17 bits per heavy atom. The number of amides is 1. The Hall–Kier alpha value is -2.60. The van der Waals surface area contributed by atoms with Gasteiger partial charge in [0.25, 0.3) is 5.91 Å². The van der Waals surface area contributed by atoms with Gasteiger partial charge in [0.15, 0.2) is 5.82 Å². The average molecular weight is 386 g/mol. The molecular weight excluding hydrogens is 370 g/mol. The Balaban J connectivity index is 1.94. The SMILES string of the molecule is COc1ccccc1C(=O)Nc1n[nH]c(C)c1-c1ccc(Br)cc1. The first kappa shape index (κ1) is 16.3. The Morgan fingerprint density at radius 3 is 2.58 bits per heavy atom. The summed E-state index contributed by atoms with van der Waals surface area (Å²) in [4.78, 5) is 12.6. The maximum atomic E-state index is 12.6. The topological polar surface area (TPSA) is 67.0 Å². The van der Waals surface area contributed by atoms with E-state index in [1.165, 1.54) is 7.11 Å². The number of methoxy groups -OCH3 is 1. The van der Waals surface area contributed by atoms with Crippen LogP contribution in [0.5, 0.6) is 5.75 Å². The first-order chi connectivity index (χ1) is 11.6. The number of para-hydroxylation sites is 1. The molecule has 1 amide bonds. The molecule has 0 spiro atoms. The molecule has 0 atom stereocenters. The number of carbonyl (C=O) groups excluding carboxylic acids is 1. The van der Waals surface area contributed by atoms with Gasteiger partial charge in [-0.2, -0.15) is 5.10 Å². The minimum atomic E-state index is -0.266. The molecule has 24 heavy (non-hydrogen) atoms. The summed E-state index contributed by atoms with van der Waals surface area (Å²) < 4.78 is 6.24. The summed E-state index contributed by atoms with van der Waals surface area (Å²) in [6.07, 6.45) is 0. The molecule has 2 N–H and O–H groups in total. The summed E-state index contributed by atoms with van der Waals surface area (Å²) in [7, 11) is 1.54. The maximum Gasteiger partial charge on any atom is 0.260 e. The summed E-state index contributed by atoms with van der Waals surface area (Å²) in [5, 5.41) is 10.0. The van der Waals surface area contributed by atoms with Crippen molar-refractivity contribution >= 4 is 27.7 Å². The highest BCUT2D eigenvalue weighted by Gasteiger charge is 2.18. The number of nitrogens with zero attached hydrogens (tertiary/aromatic N) is 1. The molecule has 0 unspecified atom stereocenters. The van der Waals surface area contributed by atoms with Crippen LogP contribution in [0.4, 0.5) is 5.82 Å². The quantitative estimate of drug-likeness (QED) is 0.698. The second-order valence-corrected chi connectivity index (χ2v) is 6.15. The second-order valence-electron chi connectivity index (χ2n) is 5.23. The van der Waals surface area contributed by atoms with Gasteiger partial charge in [0, 0.05) is 15.7 Å². The van der Waals surface area contributed by atoms with Crippen molar-refractivity contribution in [2.75, 3.05) is 12.4 Å². The van der Waals surface area contributed by atoms with Gasteiger partial charge in [0.05, 0.1) is 12.7 Å². The van der Waals surface area contributed by atoms with Crippen LogP contribution >= 0.6 is 15.9 Å². The fourth-order valence-electron chi connectivity index (χ4n) is 2.50. The van der Waals surface area contributed by atoms with Gasteiger partial charge in [-0.05, 0) is 36.8 Å². The third kappa shape index (κ3) is 3.19. The highest BCUT2D eigenvalue weighted by molar-refractivity contribution is 9.10. The molecule has 0 bridgehead atoms. The Labute approximate surface area is 148 Å². The van der Waals surface area contributed by atoms with Crippen LogP contribution in [-0.4, -0.2) is 23.2 Å². The van der Waals surface area contributed by atoms with E-state index in [1.807, 2.05) is 37.3 Å². The summed E-state index contributed by atoms with van der Waals surface area (Å²) in [6.45, 7) is 1.92. The van der Waals surface area contributed by atoms with E-state index in [4.69, 9.17) is 4.74 Å². The largest absolute Gasteiger partial charge is 0.496 e. The monoisotopic (exact) mass is 385 g/mol. The highest BCUT2D eigenvalue weighted by atomic mass is 79.9. The Kier molecular flexibility index (Phi) is 4.66. The Bertz CT molecular complexity index is 872. The van der Waals surface area contributed by atoms with Gasteiger partial charge < -0.3 is 10.1 Å². The summed E-state index contributed by atoms with van der Waals surface area (Å²) in [6, 6.07) is 14.9. The van der Waals surface area contributed by atoms with E-state index in [0.29, 0.717) is 17.1 Å². The molecule has 1 aromatic heterocycles. The molecule has 6 heteroatoms. The number of hydrogen-bond acceptors (Lipinski definition) is 3. The summed E-state index contributed by atoms with van der Waals surface area (Å²) in [5.41, 5.74) is 3.18. The molecule has 1 heterocycles. The van der Waals surface area contributed by atoms with Crippen molar-refractivity contribution in [2.24, 2.45) is 0 Å². The fraction of sp³-hybridized carbons (Fsp3) is 0.111. The smallest absolute Gasteiger partial charge is 0.260 e. The molecule has 3 aromatic rings. The van der Waals surface area contributed by atoms with Crippen LogP contribution < -0.4 is 10.1 Å². The van der Waals surface area contributed by atoms with Crippen LogP contribution in [0.1, 0.15) is 16.1 Å². The molecule has 0 aliphatic rings. The molecule has 2 aromatic carbocycles. The Morgan fingerprint density at radius 2 is 1.88 bits per heavy atom. The first-order valence-electron chi connectivity index (χ1n) is 7.35. The van der Waals surface area contributed by atoms with Crippen molar-refractivity contribution < 1.29 is 9.53 Å². The van der Waals surface area contributed by atoms with Gasteiger partial charge in [-0.25, -0.2) is 0 Å². The molecule has 0 aliphatic heterocycles. The van der Waals surface area contributed by atoms with Crippen molar-refractivity contribution in [2.45, 2.75) is 6.92 Å². The number of aromatic amines is 1. The molecule has 0 radical (unpaired) electrons. The normalized spacial score (nSPS) is 10.5. The van der Waals surface area contributed by atoms with Crippen LogP contribution in [0.25, 0.3) is 11.1 Å². The van der Waals surface area contributed by atoms with Crippen LogP contribution in [0.3, 0.4) is 0 Å². The molecule has 5 nitrogen and oxygen atoms in total. The molecule has 0 aliphatic carbocycles. The predicted octanol–water partition coefficient (Wildman–Crippen LogP) is 4.41. The van der Waals surface area contributed by atoms with Gasteiger partial charge in [-0.3, -0.25) is 9.89 Å². The first-order valence-corrected chi connectivity index (χ1v) is 8.14. The van der Waals surface area contributed by atoms with Gasteiger partial charge in [-0.15, -0.1) is 0 Å². The number of carbonyl (C=O) groups is 1. The number of aryl methyl sites for hydroxylation is 1. The zero-order valence-electron chi connectivity index (χ0n) is 13.3. The van der Waals surface area contributed by atoms with E-state index in [-0.39, 0.29) is 5.91 Å². The van der Waals surface area contributed by atoms with Gasteiger partial charge >= 0.3 is 0 Å². The van der Waals surface area contributed by atoms with Crippen molar-refractivity contribution in [3.05, 3.63) is 64.3 Å². The third-order valence-electron chi connectivity index (χ3n) is 3.66. The van der Waals surface area contributed by atoms with Crippen molar-refractivity contribution in [1.82, 2.24) is 10.2 Å². The predicted molar refractivity (Wildman–Crippen MR) is 97.4 cm³/mol.